The van der Waals surface area contributed by atoms with Crippen LogP contribution in [0, 0.1) is 5.82 Å². The van der Waals surface area contributed by atoms with Gasteiger partial charge in [-0.15, -0.1) is 0 Å². The van der Waals surface area contributed by atoms with Crippen LogP contribution in [0.3, 0.4) is 0 Å². The lowest BCUT2D eigenvalue weighted by atomic mass is 9.96. The minimum Gasteiger partial charge on any atom is -0.327 e. The fourth-order valence-electron chi connectivity index (χ4n) is 1.20. The summed E-state index contributed by atoms with van der Waals surface area (Å²) in [5.74, 6) is -0.335. The first-order valence-electron chi connectivity index (χ1n) is 4.43. The summed E-state index contributed by atoms with van der Waals surface area (Å²) < 4.78 is 26.2. The molecule has 0 atom stereocenters. The maximum absolute atomic E-state index is 13.7. The molecule has 0 aromatic heterocycles. The second-order valence-corrected chi connectivity index (χ2v) is 3.36. The zero-order valence-corrected chi connectivity index (χ0v) is 7.84. The van der Waals surface area contributed by atoms with Crippen LogP contribution in [0.15, 0.2) is 24.3 Å². The molecule has 0 bridgehead atoms. The molecule has 0 heterocycles. The summed E-state index contributed by atoms with van der Waals surface area (Å²) in [4.78, 5) is 0. The number of rotatable bonds is 4. The first kappa shape index (κ1) is 11.1. The third kappa shape index (κ3) is 2.75. The van der Waals surface area contributed by atoms with Crippen molar-refractivity contribution in [2.45, 2.75) is 12.1 Å². The Morgan fingerprint density at radius 1 is 1.07 bits per heavy atom. The SMILES string of the molecule is NCC(F)(CN)Cc1ccc(F)cc1. The van der Waals surface area contributed by atoms with E-state index in [1.807, 2.05) is 0 Å². The van der Waals surface area contributed by atoms with E-state index in [0.717, 1.165) is 0 Å². The molecule has 0 aliphatic heterocycles. The van der Waals surface area contributed by atoms with Gasteiger partial charge < -0.3 is 11.5 Å². The van der Waals surface area contributed by atoms with Crippen molar-refractivity contribution in [3.05, 3.63) is 35.6 Å². The molecule has 0 fully saturated rings. The molecule has 2 nitrogen and oxygen atoms in total. The van der Waals surface area contributed by atoms with Crippen molar-refractivity contribution in [2.75, 3.05) is 13.1 Å². The highest BCUT2D eigenvalue weighted by molar-refractivity contribution is 5.18. The number of hydrogen-bond donors (Lipinski definition) is 2. The second-order valence-electron chi connectivity index (χ2n) is 3.36. The van der Waals surface area contributed by atoms with Gasteiger partial charge in [0.1, 0.15) is 11.5 Å². The Kier molecular flexibility index (Phi) is 3.55. The molecule has 0 amide bonds. The van der Waals surface area contributed by atoms with Gasteiger partial charge in [0, 0.05) is 19.5 Å². The van der Waals surface area contributed by atoms with Gasteiger partial charge in [0.15, 0.2) is 0 Å². The van der Waals surface area contributed by atoms with Crippen LogP contribution in [0.2, 0.25) is 0 Å². The van der Waals surface area contributed by atoms with Crippen molar-refractivity contribution in [1.82, 2.24) is 0 Å². The van der Waals surface area contributed by atoms with Crippen molar-refractivity contribution < 1.29 is 8.78 Å². The van der Waals surface area contributed by atoms with Crippen molar-refractivity contribution in [3.8, 4) is 0 Å². The third-order valence-electron chi connectivity index (χ3n) is 2.17. The van der Waals surface area contributed by atoms with E-state index in [-0.39, 0.29) is 25.3 Å². The van der Waals surface area contributed by atoms with E-state index in [2.05, 4.69) is 0 Å². The molecule has 14 heavy (non-hydrogen) atoms. The van der Waals surface area contributed by atoms with Gasteiger partial charge in [0.2, 0.25) is 0 Å². The van der Waals surface area contributed by atoms with Crippen molar-refractivity contribution in [2.24, 2.45) is 11.5 Å². The topological polar surface area (TPSA) is 52.0 Å². The summed E-state index contributed by atoms with van der Waals surface area (Å²) in [6, 6.07) is 5.66. The highest BCUT2D eigenvalue weighted by Crippen LogP contribution is 2.16. The largest absolute Gasteiger partial charge is 0.327 e. The van der Waals surface area contributed by atoms with E-state index < -0.39 is 5.67 Å². The van der Waals surface area contributed by atoms with Crippen LogP contribution in [0.25, 0.3) is 0 Å². The number of nitrogens with two attached hydrogens (primary N) is 2. The first-order chi connectivity index (χ1) is 6.59. The standard InChI is InChI=1S/C10H14F2N2/c11-9-3-1-8(2-4-9)5-10(12,6-13)7-14/h1-4H,5-7,13-14H2. The summed E-state index contributed by atoms with van der Waals surface area (Å²) in [5.41, 5.74) is 9.65. The molecule has 4 heteroatoms. The van der Waals surface area contributed by atoms with Gasteiger partial charge in [-0.25, -0.2) is 8.78 Å². The Morgan fingerprint density at radius 3 is 2.00 bits per heavy atom. The van der Waals surface area contributed by atoms with E-state index in [0.29, 0.717) is 5.56 Å². The smallest absolute Gasteiger partial charge is 0.139 e. The van der Waals surface area contributed by atoms with Gasteiger partial charge in [0.25, 0.3) is 0 Å². The number of hydrogen-bond acceptors (Lipinski definition) is 2. The van der Waals surface area contributed by atoms with E-state index in [4.69, 9.17) is 11.5 Å². The van der Waals surface area contributed by atoms with Crippen LogP contribution in [0.4, 0.5) is 8.78 Å². The summed E-state index contributed by atoms with van der Waals surface area (Å²) in [7, 11) is 0. The van der Waals surface area contributed by atoms with Crippen LogP contribution in [0.5, 0.6) is 0 Å². The Morgan fingerprint density at radius 2 is 1.57 bits per heavy atom. The maximum atomic E-state index is 13.7. The molecule has 1 rings (SSSR count). The molecule has 0 saturated heterocycles. The predicted molar refractivity (Wildman–Crippen MR) is 52.1 cm³/mol. The van der Waals surface area contributed by atoms with E-state index in [1.165, 1.54) is 24.3 Å². The number of halogens is 2. The summed E-state index contributed by atoms with van der Waals surface area (Å²) in [6.45, 7) is -0.248. The van der Waals surface area contributed by atoms with E-state index >= 15 is 0 Å². The van der Waals surface area contributed by atoms with Crippen LogP contribution < -0.4 is 11.5 Å². The molecular weight excluding hydrogens is 186 g/mol. The van der Waals surface area contributed by atoms with Gasteiger partial charge in [0.05, 0.1) is 0 Å². The fraction of sp³-hybridized carbons (Fsp3) is 0.400. The highest BCUT2D eigenvalue weighted by Gasteiger charge is 2.26. The number of benzene rings is 1. The first-order valence-corrected chi connectivity index (χ1v) is 4.43. The molecule has 78 valence electrons. The minimum atomic E-state index is -1.59. The fourth-order valence-corrected chi connectivity index (χ4v) is 1.20. The maximum Gasteiger partial charge on any atom is 0.139 e. The zero-order chi connectivity index (χ0) is 10.6. The van der Waals surface area contributed by atoms with Gasteiger partial charge in [-0.05, 0) is 17.7 Å². The Labute approximate surface area is 81.9 Å². The van der Waals surface area contributed by atoms with Crippen LogP contribution in [0.1, 0.15) is 5.56 Å². The lowest BCUT2D eigenvalue weighted by Crippen LogP contribution is -2.42. The molecule has 0 spiro atoms. The highest BCUT2D eigenvalue weighted by atomic mass is 19.1. The molecule has 0 saturated carbocycles. The van der Waals surface area contributed by atoms with Gasteiger partial charge in [-0.2, -0.15) is 0 Å². The summed E-state index contributed by atoms with van der Waals surface area (Å²) in [5, 5.41) is 0. The quantitative estimate of drug-likeness (QED) is 0.761. The van der Waals surface area contributed by atoms with Gasteiger partial charge >= 0.3 is 0 Å². The Balaban J connectivity index is 2.72. The lowest BCUT2D eigenvalue weighted by molar-refractivity contribution is 0.184. The summed E-state index contributed by atoms with van der Waals surface area (Å²) in [6.07, 6.45) is 0.125. The monoisotopic (exact) mass is 200 g/mol. The second kappa shape index (κ2) is 4.48. The minimum absolute atomic E-state index is 0.124. The number of alkyl halides is 1. The van der Waals surface area contributed by atoms with Crippen LogP contribution in [-0.4, -0.2) is 18.8 Å². The van der Waals surface area contributed by atoms with Gasteiger partial charge in [-0.3, -0.25) is 0 Å². The molecule has 4 N–H and O–H groups in total. The Hall–Kier alpha value is -1.00. The third-order valence-corrected chi connectivity index (χ3v) is 2.17. The van der Waals surface area contributed by atoms with Crippen molar-refractivity contribution >= 4 is 0 Å². The van der Waals surface area contributed by atoms with E-state index in [9.17, 15) is 8.78 Å². The van der Waals surface area contributed by atoms with Crippen LogP contribution >= 0.6 is 0 Å². The molecule has 1 aromatic rings. The average molecular weight is 200 g/mol. The average Bonchev–Trinajstić information content (AvgIpc) is 2.21. The molecule has 0 aliphatic carbocycles. The molecular formula is C10H14F2N2. The predicted octanol–water partition coefficient (Wildman–Crippen LogP) is 0.994. The molecule has 0 radical (unpaired) electrons. The van der Waals surface area contributed by atoms with Crippen LogP contribution in [-0.2, 0) is 6.42 Å². The normalized spacial score (nSPS) is 11.7. The molecule has 0 unspecified atom stereocenters. The summed E-state index contributed by atoms with van der Waals surface area (Å²) >= 11 is 0. The molecule has 1 aromatic carbocycles. The lowest BCUT2D eigenvalue weighted by Gasteiger charge is -2.21. The molecule has 0 aliphatic rings. The van der Waals surface area contributed by atoms with Crippen molar-refractivity contribution in [3.63, 3.8) is 0 Å². The zero-order valence-electron chi connectivity index (χ0n) is 7.84. The Bertz CT molecular complexity index is 281. The van der Waals surface area contributed by atoms with E-state index in [1.54, 1.807) is 0 Å². The van der Waals surface area contributed by atoms with Crippen molar-refractivity contribution in [1.29, 1.82) is 0 Å². The van der Waals surface area contributed by atoms with Gasteiger partial charge in [-0.1, -0.05) is 12.1 Å².